The zero-order valence-electron chi connectivity index (χ0n) is 10.3. The minimum absolute atomic E-state index is 0.162. The number of anilines is 1. The molecule has 0 bridgehead atoms. The molecule has 1 heterocycles. The first-order chi connectivity index (χ1) is 9.15. The Balaban J connectivity index is 2.34. The molecule has 0 unspecified atom stereocenters. The summed E-state index contributed by atoms with van der Waals surface area (Å²) in [5, 5.41) is 5.13. The van der Waals surface area contributed by atoms with Gasteiger partial charge in [0.2, 0.25) is 5.91 Å². The summed E-state index contributed by atoms with van der Waals surface area (Å²) >= 11 is 0. The van der Waals surface area contributed by atoms with Crippen LogP contribution in [0.25, 0.3) is 21.7 Å². The van der Waals surface area contributed by atoms with Crippen LogP contribution in [0.2, 0.25) is 0 Å². The van der Waals surface area contributed by atoms with Gasteiger partial charge < -0.3 is 9.73 Å². The Morgan fingerprint density at radius 3 is 2.63 bits per heavy atom. The van der Waals surface area contributed by atoms with Gasteiger partial charge in [-0.15, -0.1) is 0 Å². The van der Waals surface area contributed by atoms with Crippen molar-refractivity contribution in [3.8, 4) is 0 Å². The van der Waals surface area contributed by atoms with Crippen molar-refractivity contribution in [1.82, 2.24) is 0 Å². The molecule has 0 spiro atoms. The highest BCUT2D eigenvalue weighted by molar-refractivity contribution is 6.04. The highest BCUT2D eigenvalue weighted by Crippen LogP contribution is 2.25. The van der Waals surface area contributed by atoms with E-state index in [4.69, 9.17) is 4.42 Å². The molecular formula is C15H11NO3. The zero-order valence-corrected chi connectivity index (χ0v) is 10.3. The van der Waals surface area contributed by atoms with Crippen LogP contribution in [0.1, 0.15) is 6.92 Å². The van der Waals surface area contributed by atoms with Gasteiger partial charge in [0.1, 0.15) is 11.3 Å². The lowest BCUT2D eigenvalue weighted by molar-refractivity contribution is -0.114. The number of carbonyl (C=O) groups excluding carboxylic acids is 1. The van der Waals surface area contributed by atoms with Gasteiger partial charge in [0.25, 0.3) is 0 Å². The maximum Gasteiger partial charge on any atom is 0.360 e. The van der Waals surface area contributed by atoms with E-state index in [2.05, 4.69) is 5.32 Å². The third kappa shape index (κ3) is 1.97. The Morgan fingerprint density at radius 1 is 1.11 bits per heavy atom. The number of amides is 1. The predicted octanol–water partition coefficient (Wildman–Crippen LogP) is 2.90. The number of carbonyl (C=O) groups is 1. The SMILES string of the molecule is CC(=O)Nc1cc2ccc3ccccc3c2oc1=O. The molecule has 1 N–H and O–H groups in total. The van der Waals surface area contributed by atoms with Gasteiger partial charge in [-0.3, -0.25) is 4.79 Å². The molecule has 4 nitrogen and oxygen atoms in total. The van der Waals surface area contributed by atoms with Crippen LogP contribution in [-0.4, -0.2) is 5.91 Å². The Hall–Kier alpha value is -2.62. The van der Waals surface area contributed by atoms with Crippen LogP contribution < -0.4 is 10.9 Å². The van der Waals surface area contributed by atoms with Gasteiger partial charge in [0.15, 0.2) is 0 Å². The quantitative estimate of drug-likeness (QED) is 0.536. The Labute approximate surface area is 108 Å². The first-order valence-corrected chi connectivity index (χ1v) is 5.88. The van der Waals surface area contributed by atoms with Crippen molar-refractivity contribution in [2.75, 3.05) is 5.32 Å². The minimum atomic E-state index is -0.543. The van der Waals surface area contributed by atoms with Crippen LogP contribution in [0.3, 0.4) is 0 Å². The van der Waals surface area contributed by atoms with Crippen LogP contribution >= 0.6 is 0 Å². The van der Waals surface area contributed by atoms with E-state index in [9.17, 15) is 9.59 Å². The van der Waals surface area contributed by atoms with Crippen LogP contribution in [0.4, 0.5) is 5.69 Å². The third-order valence-corrected chi connectivity index (χ3v) is 2.94. The van der Waals surface area contributed by atoms with Crippen molar-refractivity contribution >= 4 is 33.3 Å². The van der Waals surface area contributed by atoms with Gasteiger partial charge in [0.05, 0.1) is 0 Å². The van der Waals surface area contributed by atoms with Crippen LogP contribution in [0.15, 0.2) is 51.7 Å². The molecular weight excluding hydrogens is 242 g/mol. The van der Waals surface area contributed by atoms with Crippen LogP contribution in [-0.2, 0) is 4.79 Å². The second-order valence-electron chi connectivity index (χ2n) is 4.33. The van der Waals surface area contributed by atoms with Crippen LogP contribution in [0, 0.1) is 0 Å². The Kier molecular flexibility index (Phi) is 2.56. The standard InChI is InChI=1S/C15H11NO3/c1-9(17)16-13-8-11-7-6-10-4-2-3-5-12(10)14(11)19-15(13)18/h2-8H,1H3,(H,16,17). The summed E-state index contributed by atoms with van der Waals surface area (Å²) in [6.45, 7) is 1.35. The molecule has 2 aromatic carbocycles. The molecule has 0 aliphatic carbocycles. The number of hydrogen-bond donors (Lipinski definition) is 1. The molecule has 0 saturated carbocycles. The fourth-order valence-electron chi connectivity index (χ4n) is 2.13. The van der Waals surface area contributed by atoms with Crippen LogP contribution in [0.5, 0.6) is 0 Å². The first kappa shape index (κ1) is 11.5. The molecule has 0 saturated heterocycles. The predicted molar refractivity (Wildman–Crippen MR) is 74.3 cm³/mol. The monoisotopic (exact) mass is 253 g/mol. The fraction of sp³-hybridized carbons (Fsp3) is 0.0667. The highest BCUT2D eigenvalue weighted by Gasteiger charge is 2.08. The number of fused-ring (bicyclic) bond motifs is 3. The fourth-order valence-corrected chi connectivity index (χ4v) is 2.13. The number of benzene rings is 2. The molecule has 94 valence electrons. The molecule has 19 heavy (non-hydrogen) atoms. The second-order valence-corrected chi connectivity index (χ2v) is 4.33. The summed E-state index contributed by atoms with van der Waals surface area (Å²) in [4.78, 5) is 22.9. The maximum atomic E-state index is 11.8. The van der Waals surface area contributed by atoms with E-state index >= 15 is 0 Å². The van der Waals surface area contributed by atoms with Gasteiger partial charge in [-0.1, -0.05) is 36.4 Å². The molecule has 0 aliphatic rings. The average Bonchev–Trinajstić information content (AvgIpc) is 2.39. The smallest absolute Gasteiger partial charge is 0.360 e. The molecule has 0 aliphatic heterocycles. The van der Waals surface area contributed by atoms with Gasteiger partial charge in [-0.2, -0.15) is 0 Å². The van der Waals surface area contributed by atoms with E-state index in [1.54, 1.807) is 6.07 Å². The summed E-state index contributed by atoms with van der Waals surface area (Å²) in [6.07, 6.45) is 0. The normalized spacial score (nSPS) is 10.8. The van der Waals surface area contributed by atoms with Gasteiger partial charge in [0, 0.05) is 17.7 Å². The maximum absolute atomic E-state index is 11.8. The zero-order chi connectivity index (χ0) is 13.4. The molecule has 3 rings (SSSR count). The van der Waals surface area contributed by atoms with Crippen molar-refractivity contribution < 1.29 is 9.21 Å². The van der Waals surface area contributed by atoms with E-state index in [-0.39, 0.29) is 11.6 Å². The average molecular weight is 253 g/mol. The molecule has 1 aromatic heterocycles. The molecule has 3 aromatic rings. The van der Waals surface area contributed by atoms with Crippen molar-refractivity contribution in [2.45, 2.75) is 6.92 Å². The summed E-state index contributed by atoms with van der Waals surface area (Å²) in [5.74, 6) is -0.299. The van der Waals surface area contributed by atoms with Crippen molar-refractivity contribution in [3.63, 3.8) is 0 Å². The lowest BCUT2D eigenvalue weighted by Gasteiger charge is -2.05. The topological polar surface area (TPSA) is 59.3 Å². The van der Waals surface area contributed by atoms with E-state index in [1.807, 2.05) is 36.4 Å². The van der Waals surface area contributed by atoms with E-state index in [0.717, 1.165) is 16.2 Å². The Morgan fingerprint density at radius 2 is 1.84 bits per heavy atom. The van der Waals surface area contributed by atoms with E-state index in [1.165, 1.54) is 6.92 Å². The number of nitrogens with one attached hydrogen (secondary N) is 1. The number of hydrogen-bond acceptors (Lipinski definition) is 3. The van der Waals surface area contributed by atoms with Gasteiger partial charge in [-0.05, 0) is 11.5 Å². The largest absolute Gasteiger partial charge is 0.421 e. The van der Waals surface area contributed by atoms with Crippen molar-refractivity contribution in [1.29, 1.82) is 0 Å². The molecule has 0 atom stereocenters. The molecule has 0 fully saturated rings. The summed E-state index contributed by atoms with van der Waals surface area (Å²) in [7, 11) is 0. The Bertz CT molecular complexity index is 849. The molecule has 0 radical (unpaired) electrons. The van der Waals surface area contributed by atoms with Gasteiger partial charge >= 0.3 is 5.63 Å². The van der Waals surface area contributed by atoms with Crippen molar-refractivity contribution in [3.05, 3.63) is 52.9 Å². The van der Waals surface area contributed by atoms with E-state index in [0.29, 0.717) is 5.58 Å². The highest BCUT2D eigenvalue weighted by atomic mass is 16.4. The lowest BCUT2D eigenvalue weighted by atomic mass is 10.1. The summed E-state index contributed by atoms with van der Waals surface area (Å²) in [6, 6.07) is 13.1. The third-order valence-electron chi connectivity index (χ3n) is 2.94. The first-order valence-electron chi connectivity index (χ1n) is 5.88. The number of rotatable bonds is 1. The summed E-state index contributed by atoms with van der Waals surface area (Å²) in [5.41, 5.74) is 0.159. The lowest BCUT2D eigenvalue weighted by Crippen LogP contribution is -2.14. The minimum Gasteiger partial charge on any atom is -0.421 e. The van der Waals surface area contributed by atoms with E-state index < -0.39 is 5.63 Å². The van der Waals surface area contributed by atoms with Crippen molar-refractivity contribution in [2.24, 2.45) is 0 Å². The second kappa shape index (κ2) is 4.24. The molecule has 4 heteroatoms. The van der Waals surface area contributed by atoms with Gasteiger partial charge in [-0.25, -0.2) is 4.79 Å². The molecule has 1 amide bonds. The summed E-state index contributed by atoms with van der Waals surface area (Å²) < 4.78 is 5.34.